The molecule has 0 saturated heterocycles. The Hall–Kier alpha value is 0.110. The fourth-order valence-electron chi connectivity index (χ4n) is 0.998. The van der Waals surface area contributed by atoms with Gasteiger partial charge in [0.25, 0.3) is 0 Å². The van der Waals surface area contributed by atoms with Crippen LogP contribution in [0.4, 0.5) is 0 Å². The van der Waals surface area contributed by atoms with Crippen LogP contribution in [0.3, 0.4) is 0 Å². The van der Waals surface area contributed by atoms with Crippen LogP contribution in [0, 0.1) is 5.92 Å². The molecule has 1 heterocycles. The summed E-state index contributed by atoms with van der Waals surface area (Å²) in [5.41, 5.74) is -0.0932. The molecule has 0 aromatic carbocycles. The van der Waals surface area contributed by atoms with Gasteiger partial charge < -0.3 is 0 Å². The lowest BCUT2D eigenvalue weighted by Gasteiger charge is -2.24. The van der Waals surface area contributed by atoms with E-state index in [9.17, 15) is 0 Å². The van der Waals surface area contributed by atoms with E-state index in [1.165, 1.54) is 0 Å². The Kier molecular flexibility index (Phi) is 2.40. The van der Waals surface area contributed by atoms with Crippen molar-refractivity contribution in [3.63, 3.8) is 0 Å². The van der Waals surface area contributed by atoms with Crippen molar-refractivity contribution >= 4 is 33.2 Å². The summed E-state index contributed by atoms with van der Waals surface area (Å²) < 4.78 is 1.02. The lowest BCUT2D eigenvalue weighted by atomic mass is 9.91. The smallest absolute Gasteiger partial charge is 0.102 e. The van der Waals surface area contributed by atoms with Crippen molar-refractivity contribution in [3.8, 4) is 0 Å². The predicted octanol–water partition coefficient (Wildman–Crippen LogP) is 2.89. The maximum absolute atomic E-state index is 5.26. The third kappa shape index (κ3) is 1.49. The summed E-state index contributed by atoms with van der Waals surface area (Å²) in [4.78, 5) is 4.54. The van der Waals surface area contributed by atoms with Gasteiger partial charge in [-0.25, -0.2) is 0 Å². The van der Waals surface area contributed by atoms with Crippen LogP contribution < -0.4 is 0 Å². The number of rotatable bonds is 1. The zero-order valence-corrected chi connectivity index (χ0v) is 8.97. The topological polar surface area (TPSA) is 12.4 Å². The summed E-state index contributed by atoms with van der Waals surface area (Å²) in [6.07, 6.45) is 0. The van der Waals surface area contributed by atoms with E-state index in [2.05, 4.69) is 25.8 Å². The minimum Gasteiger partial charge on any atom is -0.270 e. The second-order valence-corrected chi connectivity index (χ2v) is 5.19. The van der Waals surface area contributed by atoms with Crippen molar-refractivity contribution in [2.45, 2.75) is 33.2 Å². The number of hydrogen-bond donors (Lipinski definition) is 0. The maximum atomic E-state index is 5.26. The first-order valence-electron chi connectivity index (χ1n) is 3.75. The summed E-state index contributed by atoms with van der Waals surface area (Å²) in [5, 5.41) is 1.10. The molecule has 0 spiro atoms. The van der Waals surface area contributed by atoms with Crippen LogP contribution in [0.1, 0.15) is 27.7 Å². The molecule has 1 unspecified atom stereocenters. The molecule has 0 N–H and O–H groups in total. The summed E-state index contributed by atoms with van der Waals surface area (Å²) in [6, 6.07) is 0. The first-order valence-corrected chi connectivity index (χ1v) is 4.98. The molecule has 1 rings (SSSR count). The Morgan fingerprint density at radius 1 is 1.55 bits per heavy atom. The molecule has 1 nitrogen and oxygen atoms in total. The highest BCUT2D eigenvalue weighted by atomic mass is 32.2. The maximum Gasteiger partial charge on any atom is 0.102 e. The van der Waals surface area contributed by atoms with Crippen LogP contribution in [-0.2, 0) is 0 Å². The summed E-state index contributed by atoms with van der Waals surface area (Å²) in [7, 11) is 0. The third-order valence-corrected chi connectivity index (χ3v) is 3.82. The van der Waals surface area contributed by atoms with E-state index in [0.29, 0.717) is 5.92 Å². The molecule has 62 valence electrons. The first-order chi connectivity index (χ1) is 4.97. The van der Waals surface area contributed by atoms with Crippen LogP contribution in [-0.4, -0.2) is 14.8 Å². The van der Waals surface area contributed by atoms with E-state index in [1.54, 1.807) is 11.8 Å². The monoisotopic (exact) mass is 187 g/mol. The van der Waals surface area contributed by atoms with Crippen molar-refractivity contribution in [1.29, 1.82) is 0 Å². The SMILES string of the molecule is CC1=NC(C)(C(C)C)C(=S)S1. The van der Waals surface area contributed by atoms with Gasteiger partial charge in [0.05, 0.1) is 9.24 Å². The molecule has 0 amide bonds. The fourth-order valence-corrected chi connectivity index (χ4v) is 2.63. The van der Waals surface area contributed by atoms with Gasteiger partial charge in [0.15, 0.2) is 0 Å². The van der Waals surface area contributed by atoms with Gasteiger partial charge in [-0.05, 0) is 19.8 Å². The van der Waals surface area contributed by atoms with Gasteiger partial charge >= 0.3 is 0 Å². The number of hydrogen-bond acceptors (Lipinski definition) is 3. The molecule has 0 fully saturated rings. The molecular weight excluding hydrogens is 174 g/mol. The largest absolute Gasteiger partial charge is 0.270 e. The van der Waals surface area contributed by atoms with Crippen LogP contribution >= 0.6 is 24.0 Å². The summed E-state index contributed by atoms with van der Waals surface area (Å²) in [6.45, 7) is 8.46. The predicted molar refractivity (Wildman–Crippen MR) is 56.5 cm³/mol. The molecule has 1 atom stereocenters. The highest BCUT2D eigenvalue weighted by Gasteiger charge is 2.37. The summed E-state index contributed by atoms with van der Waals surface area (Å²) >= 11 is 6.89. The molecule has 0 aliphatic carbocycles. The molecule has 0 radical (unpaired) electrons. The van der Waals surface area contributed by atoms with Crippen LogP contribution in [0.2, 0.25) is 0 Å². The van der Waals surface area contributed by atoms with E-state index in [4.69, 9.17) is 12.2 Å². The second kappa shape index (κ2) is 2.87. The van der Waals surface area contributed by atoms with Gasteiger partial charge in [-0.2, -0.15) is 0 Å². The van der Waals surface area contributed by atoms with Gasteiger partial charge in [0.2, 0.25) is 0 Å². The average Bonchev–Trinajstić information content (AvgIpc) is 2.08. The fraction of sp³-hybridized carbons (Fsp3) is 0.750. The molecule has 1 aliphatic rings. The van der Waals surface area contributed by atoms with Gasteiger partial charge in [-0.3, -0.25) is 4.99 Å². The van der Waals surface area contributed by atoms with Crippen LogP contribution in [0.15, 0.2) is 4.99 Å². The molecule has 1 aliphatic heterocycles. The van der Waals surface area contributed by atoms with E-state index in [-0.39, 0.29) is 5.54 Å². The zero-order valence-electron chi connectivity index (χ0n) is 7.34. The molecule has 11 heavy (non-hydrogen) atoms. The minimum atomic E-state index is -0.0932. The quantitative estimate of drug-likeness (QED) is 0.585. The highest BCUT2D eigenvalue weighted by molar-refractivity contribution is 8.33. The van der Waals surface area contributed by atoms with Gasteiger partial charge in [-0.15, -0.1) is 0 Å². The van der Waals surface area contributed by atoms with Gasteiger partial charge in [0, 0.05) is 0 Å². The Labute approximate surface area is 77.7 Å². The van der Waals surface area contributed by atoms with Crippen LogP contribution in [0.5, 0.6) is 0 Å². The third-order valence-electron chi connectivity index (χ3n) is 2.17. The summed E-state index contributed by atoms with van der Waals surface area (Å²) in [5.74, 6) is 0.500. The molecule has 0 aromatic heterocycles. The van der Waals surface area contributed by atoms with E-state index >= 15 is 0 Å². The Balaban J connectivity index is 2.94. The average molecular weight is 187 g/mol. The Bertz CT molecular complexity index is 220. The zero-order chi connectivity index (χ0) is 8.65. The van der Waals surface area contributed by atoms with E-state index in [1.807, 2.05) is 6.92 Å². The number of nitrogens with zero attached hydrogens (tertiary/aromatic N) is 1. The van der Waals surface area contributed by atoms with Crippen molar-refractivity contribution < 1.29 is 0 Å². The minimum absolute atomic E-state index is 0.0932. The van der Waals surface area contributed by atoms with Crippen molar-refractivity contribution in [2.24, 2.45) is 10.9 Å². The van der Waals surface area contributed by atoms with Gasteiger partial charge in [-0.1, -0.05) is 37.8 Å². The normalized spacial score (nSPS) is 31.4. The molecule has 0 aromatic rings. The molecule has 0 bridgehead atoms. The first kappa shape index (κ1) is 9.20. The standard InChI is InChI=1S/C8H13NS2/c1-5(2)8(4)7(10)11-6(3)9-8/h5H,1-4H3. The number of thioether (sulfide) groups is 1. The van der Waals surface area contributed by atoms with Crippen molar-refractivity contribution in [1.82, 2.24) is 0 Å². The lowest BCUT2D eigenvalue weighted by Crippen LogP contribution is -2.32. The Morgan fingerprint density at radius 2 is 2.09 bits per heavy atom. The van der Waals surface area contributed by atoms with E-state index < -0.39 is 0 Å². The second-order valence-electron chi connectivity index (χ2n) is 3.32. The Morgan fingerprint density at radius 3 is 2.27 bits per heavy atom. The molecule has 0 saturated carbocycles. The highest BCUT2D eigenvalue weighted by Crippen LogP contribution is 2.36. The number of aliphatic imine (C=N–C) groups is 1. The molecule has 3 heteroatoms. The van der Waals surface area contributed by atoms with Crippen LogP contribution in [0.25, 0.3) is 0 Å². The van der Waals surface area contributed by atoms with Crippen molar-refractivity contribution in [2.75, 3.05) is 0 Å². The van der Waals surface area contributed by atoms with E-state index in [0.717, 1.165) is 9.24 Å². The molecular formula is C8H13NS2. The van der Waals surface area contributed by atoms with Gasteiger partial charge in [0.1, 0.15) is 5.54 Å². The number of thiocarbonyl (C=S) groups is 1. The van der Waals surface area contributed by atoms with Crippen molar-refractivity contribution in [3.05, 3.63) is 0 Å². The lowest BCUT2D eigenvalue weighted by molar-refractivity contribution is 0.464.